The topological polar surface area (TPSA) is 54.2 Å². The van der Waals surface area contributed by atoms with E-state index in [4.69, 9.17) is 0 Å². The van der Waals surface area contributed by atoms with E-state index in [-0.39, 0.29) is 0 Å². The normalized spacial score (nSPS) is 12.1. The third kappa shape index (κ3) is 4.23. The quantitative estimate of drug-likeness (QED) is 0.490. The molecule has 0 unspecified atom stereocenters. The number of aromatic nitrogens is 2. The highest BCUT2D eigenvalue weighted by molar-refractivity contribution is 5.80. The molecule has 120 valence electrons. The summed E-state index contributed by atoms with van der Waals surface area (Å²) >= 11 is 0. The van der Waals surface area contributed by atoms with Crippen molar-refractivity contribution < 1.29 is 0 Å². The van der Waals surface area contributed by atoms with Crippen molar-refractivity contribution in [2.24, 2.45) is 18.0 Å². The molecule has 0 atom stereocenters. The van der Waals surface area contributed by atoms with Gasteiger partial charge in [0.25, 0.3) is 0 Å². The highest BCUT2D eigenvalue weighted by Gasteiger charge is 2.07. The lowest BCUT2D eigenvalue weighted by atomic mass is 10.1. The third-order valence-corrected chi connectivity index (χ3v) is 3.77. The van der Waals surface area contributed by atoms with E-state index in [2.05, 4.69) is 45.1 Å². The van der Waals surface area contributed by atoms with Gasteiger partial charge in [-0.3, -0.25) is 4.99 Å². The first kappa shape index (κ1) is 16.3. The Bertz CT molecular complexity index is 627. The third-order valence-electron chi connectivity index (χ3n) is 3.77. The number of rotatable bonds is 6. The van der Waals surface area contributed by atoms with E-state index in [0.717, 1.165) is 41.7 Å². The van der Waals surface area contributed by atoms with Crippen LogP contribution < -0.4 is 10.6 Å². The Labute approximate surface area is 132 Å². The Kier molecular flexibility index (Phi) is 5.81. The molecular formula is C17H27N5. The fourth-order valence-electron chi connectivity index (χ4n) is 2.45. The Morgan fingerprint density at radius 2 is 2.05 bits per heavy atom. The minimum Gasteiger partial charge on any atom is -0.356 e. The lowest BCUT2D eigenvalue weighted by Gasteiger charge is -2.12. The molecule has 2 aromatic rings. The number of benzene rings is 1. The van der Waals surface area contributed by atoms with E-state index in [9.17, 15) is 0 Å². The summed E-state index contributed by atoms with van der Waals surface area (Å²) in [6, 6.07) is 8.18. The molecule has 0 amide bonds. The van der Waals surface area contributed by atoms with Crippen LogP contribution in [0.1, 0.15) is 32.5 Å². The van der Waals surface area contributed by atoms with Crippen LogP contribution in [-0.4, -0.2) is 29.1 Å². The van der Waals surface area contributed by atoms with E-state index in [1.54, 1.807) is 7.05 Å². The average Bonchev–Trinajstić information content (AvgIpc) is 2.83. The van der Waals surface area contributed by atoms with Crippen LogP contribution in [0.2, 0.25) is 0 Å². The average molecular weight is 301 g/mol. The second-order valence-corrected chi connectivity index (χ2v) is 5.96. The molecule has 0 radical (unpaired) electrons. The summed E-state index contributed by atoms with van der Waals surface area (Å²) in [7, 11) is 3.85. The minimum absolute atomic E-state index is 0.662. The van der Waals surface area contributed by atoms with Crippen molar-refractivity contribution in [2.75, 3.05) is 13.6 Å². The molecule has 0 aliphatic heterocycles. The van der Waals surface area contributed by atoms with E-state index in [0.29, 0.717) is 6.54 Å². The number of nitrogens with one attached hydrogen (secondary N) is 2. The van der Waals surface area contributed by atoms with Crippen LogP contribution in [0.3, 0.4) is 0 Å². The molecule has 0 fully saturated rings. The van der Waals surface area contributed by atoms with Crippen LogP contribution in [0.4, 0.5) is 0 Å². The molecule has 2 N–H and O–H groups in total. The summed E-state index contributed by atoms with van der Waals surface area (Å²) in [4.78, 5) is 8.92. The maximum atomic E-state index is 4.66. The number of aryl methyl sites for hydroxylation is 1. The number of guanidine groups is 1. The van der Waals surface area contributed by atoms with Crippen LogP contribution in [0, 0.1) is 5.92 Å². The molecule has 0 aliphatic rings. The number of hydrogen-bond acceptors (Lipinski definition) is 2. The molecular weight excluding hydrogens is 274 g/mol. The molecule has 0 saturated heterocycles. The van der Waals surface area contributed by atoms with Gasteiger partial charge in [0.05, 0.1) is 17.6 Å². The van der Waals surface area contributed by atoms with Crippen molar-refractivity contribution in [3.05, 3.63) is 30.1 Å². The lowest BCUT2D eigenvalue weighted by molar-refractivity contribution is 0.549. The Hall–Kier alpha value is -2.04. The molecule has 1 heterocycles. The van der Waals surface area contributed by atoms with Crippen molar-refractivity contribution in [2.45, 2.75) is 33.2 Å². The number of imidazole rings is 1. The van der Waals surface area contributed by atoms with Gasteiger partial charge in [-0.1, -0.05) is 26.0 Å². The van der Waals surface area contributed by atoms with Crippen molar-refractivity contribution in [3.63, 3.8) is 0 Å². The maximum absolute atomic E-state index is 4.66. The monoisotopic (exact) mass is 301 g/mol. The van der Waals surface area contributed by atoms with Gasteiger partial charge in [-0.25, -0.2) is 4.98 Å². The first-order valence-corrected chi connectivity index (χ1v) is 7.96. The van der Waals surface area contributed by atoms with Gasteiger partial charge in [-0.15, -0.1) is 0 Å². The van der Waals surface area contributed by atoms with Crippen LogP contribution in [0.5, 0.6) is 0 Å². The van der Waals surface area contributed by atoms with E-state index in [1.165, 1.54) is 6.42 Å². The highest BCUT2D eigenvalue weighted by atomic mass is 15.2. The lowest BCUT2D eigenvalue weighted by Crippen LogP contribution is -2.37. The number of hydrogen-bond donors (Lipinski definition) is 2. The zero-order valence-electron chi connectivity index (χ0n) is 14.1. The summed E-state index contributed by atoms with van der Waals surface area (Å²) in [5.74, 6) is 2.58. The van der Waals surface area contributed by atoms with Crippen molar-refractivity contribution in [1.29, 1.82) is 0 Å². The Morgan fingerprint density at radius 1 is 1.27 bits per heavy atom. The molecule has 5 nitrogen and oxygen atoms in total. The fraction of sp³-hybridized carbons (Fsp3) is 0.529. The zero-order chi connectivity index (χ0) is 15.9. The predicted octanol–water partition coefficient (Wildman–Crippen LogP) is 2.67. The predicted molar refractivity (Wildman–Crippen MR) is 93.0 cm³/mol. The number of fused-ring (bicyclic) bond motifs is 1. The number of nitrogens with zero attached hydrogens (tertiary/aromatic N) is 3. The Morgan fingerprint density at radius 3 is 2.73 bits per heavy atom. The van der Waals surface area contributed by atoms with Crippen LogP contribution in [0.15, 0.2) is 29.3 Å². The summed E-state index contributed by atoms with van der Waals surface area (Å²) in [6.07, 6.45) is 2.39. The first-order chi connectivity index (χ1) is 10.6. The second kappa shape index (κ2) is 7.82. The van der Waals surface area contributed by atoms with Crippen molar-refractivity contribution >= 4 is 17.0 Å². The number of para-hydroxylation sites is 2. The Balaban J connectivity index is 1.88. The second-order valence-electron chi connectivity index (χ2n) is 5.96. The van der Waals surface area contributed by atoms with Crippen LogP contribution in [0.25, 0.3) is 11.0 Å². The van der Waals surface area contributed by atoms with Gasteiger partial charge in [0.1, 0.15) is 5.82 Å². The van der Waals surface area contributed by atoms with E-state index < -0.39 is 0 Å². The maximum Gasteiger partial charge on any atom is 0.191 e. The molecule has 1 aromatic heterocycles. The fourth-order valence-corrected chi connectivity index (χ4v) is 2.45. The van der Waals surface area contributed by atoms with Gasteiger partial charge in [0.15, 0.2) is 5.96 Å². The smallest absolute Gasteiger partial charge is 0.191 e. The molecule has 1 aromatic carbocycles. The molecule has 0 aliphatic carbocycles. The van der Waals surface area contributed by atoms with Gasteiger partial charge in [0.2, 0.25) is 0 Å². The van der Waals surface area contributed by atoms with E-state index >= 15 is 0 Å². The molecule has 0 spiro atoms. The summed E-state index contributed by atoms with van der Waals surface area (Å²) in [5, 5.41) is 6.68. The summed E-state index contributed by atoms with van der Waals surface area (Å²) in [6.45, 7) is 6.10. The molecule has 0 bridgehead atoms. The standard InChI is InChI=1S/C17H27N5/c1-13(2)8-7-11-19-17(18-3)20-12-16-21-14-9-5-6-10-15(14)22(16)4/h5-6,9-10,13H,7-8,11-12H2,1-4H3,(H2,18,19,20). The minimum atomic E-state index is 0.662. The SMILES string of the molecule is CN=C(NCCCC(C)C)NCc1nc2ccccc2n1C. The molecule has 0 saturated carbocycles. The van der Waals surface area contributed by atoms with Crippen LogP contribution in [-0.2, 0) is 13.6 Å². The largest absolute Gasteiger partial charge is 0.356 e. The molecule has 2 rings (SSSR count). The van der Waals surface area contributed by atoms with Crippen LogP contribution >= 0.6 is 0 Å². The van der Waals surface area contributed by atoms with Gasteiger partial charge in [-0.2, -0.15) is 0 Å². The van der Waals surface area contributed by atoms with Crippen molar-refractivity contribution in [3.8, 4) is 0 Å². The number of aliphatic imine (C=N–C) groups is 1. The van der Waals surface area contributed by atoms with Gasteiger partial charge >= 0.3 is 0 Å². The summed E-state index contributed by atoms with van der Waals surface area (Å²) in [5.41, 5.74) is 2.18. The first-order valence-electron chi connectivity index (χ1n) is 7.96. The summed E-state index contributed by atoms with van der Waals surface area (Å²) < 4.78 is 2.12. The highest BCUT2D eigenvalue weighted by Crippen LogP contribution is 2.13. The van der Waals surface area contributed by atoms with Crippen molar-refractivity contribution in [1.82, 2.24) is 20.2 Å². The van der Waals surface area contributed by atoms with Gasteiger partial charge in [-0.05, 0) is 30.9 Å². The molecule has 22 heavy (non-hydrogen) atoms. The van der Waals surface area contributed by atoms with Gasteiger partial charge < -0.3 is 15.2 Å². The zero-order valence-corrected chi connectivity index (χ0v) is 14.1. The molecule has 5 heteroatoms. The van der Waals surface area contributed by atoms with Gasteiger partial charge in [0, 0.05) is 20.6 Å². The van der Waals surface area contributed by atoms with E-state index in [1.807, 2.05) is 25.2 Å².